The van der Waals surface area contributed by atoms with E-state index in [1.165, 1.54) is 12.1 Å². The fraction of sp³-hybridized carbons (Fsp3) is 0.143. The molecule has 2 N–H and O–H groups in total. The Balaban J connectivity index is 2.39. The van der Waals surface area contributed by atoms with Crippen molar-refractivity contribution in [3.63, 3.8) is 0 Å². The van der Waals surface area contributed by atoms with Gasteiger partial charge in [0.15, 0.2) is 0 Å². The molecule has 2 aromatic rings. The number of aromatic nitrogens is 1. The molecule has 0 aliphatic rings. The standard InChI is InChI=1S/C14H13ClN2O3/c1-8-5-9(14(18)19)6-13(16-8)17-11-7-10(15)3-4-12(11)20-2/h3-7H,1-2H3,(H,16,17)(H,18,19). The fourth-order valence-electron chi connectivity index (χ4n) is 1.77. The molecule has 0 saturated carbocycles. The molecule has 20 heavy (non-hydrogen) atoms. The highest BCUT2D eigenvalue weighted by Crippen LogP contribution is 2.30. The normalized spacial score (nSPS) is 10.2. The summed E-state index contributed by atoms with van der Waals surface area (Å²) in [6.45, 7) is 1.73. The summed E-state index contributed by atoms with van der Waals surface area (Å²) in [4.78, 5) is 15.3. The minimum absolute atomic E-state index is 0.168. The SMILES string of the molecule is COc1ccc(Cl)cc1Nc1cc(C(=O)O)cc(C)n1. The molecule has 2 rings (SSSR count). The Labute approximate surface area is 121 Å². The average molecular weight is 293 g/mol. The van der Waals surface area contributed by atoms with Gasteiger partial charge in [0.2, 0.25) is 0 Å². The van der Waals surface area contributed by atoms with Crippen molar-refractivity contribution < 1.29 is 14.6 Å². The van der Waals surface area contributed by atoms with Crippen LogP contribution in [0.25, 0.3) is 0 Å². The molecule has 0 unspecified atom stereocenters. The Morgan fingerprint density at radius 3 is 2.75 bits per heavy atom. The highest BCUT2D eigenvalue weighted by Gasteiger charge is 2.09. The number of pyridine rings is 1. The highest BCUT2D eigenvalue weighted by molar-refractivity contribution is 6.31. The molecule has 104 valence electrons. The predicted molar refractivity (Wildman–Crippen MR) is 77.2 cm³/mol. The number of ether oxygens (including phenoxy) is 1. The molecule has 1 heterocycles. The lowest BCUT2D eigenvalue weighted by Crippen LogP contribution is -2.02. The summed E-state index contributed by atoms with van der Waals surface area (Å²) in [6, 6.07) is 8.07. The molecule has 0 fully saturated rings. The Morgan fingerprint density at radius 2 is 2.10 bits per heavy atom. The third-order valence-electron chi connectivity index (χ3n) is 2.62. The summed E-state index contributed by atoms with van der Waals surface area (Å²) in [7, 11) is 1.54. The summed E-state index contributed by atoms with van der Waals surface area (Å²) < 4.78 is 5.22. The van der Waals surface area contributed by atoms with Crippen LogP contribution >= 0.6 is 11.6 Å². The van der Waals surface area contributed by atoms with E-state index < -0.39 is 5.97 Å². The lowest BCUT2D eigenvalue weighted by molar-refractivity contribution is 0.0696. The summed E-state index contributed by atoms with van der Waals surface area (Å²) in [5.74, 6) is 0.00848. The van der Waals surface area contributed by atoms with Crippen molar-refractivity contribution in [1.29, 1.82) is 0 Å². The van der Waals surface area contributed by atoms with E-state index in [4.69, 9.17) is 21.4 Å². The predicted octanol–water partition coefficient (Wildman–Crippen LogP) is 3.49. The molecule has 1 aromatic heterocycles. The van der Waals surface area contributed by atoms with Crippen molar-refractivity contribution in [3.8, 4) is 5.75 Å². The first-order valence-corrected chi connectivity index (χ1v) is 6.20. The zero-order valence-electron chi connectivity index (χ0n) is 11.0. The molecule has 0 aliphatic heterocycles. The number of aryl methyl sites for hydroxylation is 1. The molecule has 0 saturated heterocycles. The summed E-state index contributed by atoms with van der Waals surface area (Å²) in [6.07, 6.45) is 0. The topological polar surface area (TPSA) is 71.5 Å². The van der Waals surface area contributed by atoms with Crippen molar-refractivity contribution in [2.45, 2.75) is 6.92 Å². The lowest BCUT2D eigenvalue weighted by Gasteiger charge is -2.12. The van der Waals surface area contributed by atoms with Gasteiger partial charge in [-0.3, -0.25) is 0 Å². The maximum absolute atomic E-state index is 11.0. The molecule has 0 aliphatic carbocycles. The van der Waals surface area contributed by atoms with Gasteiger partial charge in [0.1, 0.15) is 11.6 Å². The van der Waals surface area contributed by atoms with Crippen molar-refractivity contribution in [2.75, 3.05) is 12.4 Å². The van der Waals surface area contributed by atoms with Gasteiger partial charge in [-0.15, -0.1) is 0 Å². The van der Waals surface area contributed by atoms with Crippen molar-refractivity contribution in [1.82, 2.24) is 4.98 Å². The number of methoxy groups -OCH3 is 1. The van der Waals surface area contributed by atoms with Crippen LogP contribution in [-0.4, -0.2) is 23.2 Å². The second kappa shape index (κ2) is 5.79. The largest absolute Gasteiger partial charge is 0.495 e. The Hall–Kier alpha value is -2.27. The Bertz CT molecular complexity index is 659. The van der Waals surface area contributed by atoms with E-state index in [0.29, 0.717) is 28.0 Å². The van der Waals surface area contributed by atoms with E-state index in [-0.39, 0.29) is 5.56 Å². The minimum atomic E-state index is -1.00. The minimum Gasteiger partial charge on any atom is -0.495 e. The second-order valence-electron chi connectivity index (χ2n) is 4.16. The van der Waals surface area contributed by atoms with Gasteiger partial charge in [0.05, 0.1) is 18.4 Å². The van der Waals surface area contributed by atoms with E-state index in [2.05, 4.69) is 10.3 Å². The van der Waals surface area contributed by atoms with E-state index in [1.54, 1.807) is 32.2 Å². The zero-order valence-corrected chi connectivity index (χ0v) is 11.7. The van der Waals surface area contributed by atoms with E-state index in [0.717, 1.165) is 0 Å². The quantitative estimate of drug-likeness (QED) is 0.902. The number of anilines is 2. The summed E-state index contributed by atoms with van der Waals surface area (Å²) in [5, 5.41) is 12.6. The molecule has 0 radical (unpaired) electrons. The summed E-state index contributed by atoms with van der Waals surface area (Å²) in [5.41, 5.74) is 1.39. The molecular formula is C14H13ClN2O3. The lowest BCUT2D eigenvalue weighted by atomic mass is 10.2. The number of rotatable bonds is 4. The van der Waals surface area contributed by atoms with Gasteiger partial charge in [-0.05, 0) is 37.3 Å². The maximum Gasteiger partial charge on any atom is 0.335 e. The third-order valence-corrected chi connectivity index (χ3v) is 2.86. The number of nitrogens with one attached hydrogen (secondary N) is 1. The van der Waals surface area contributed by atoms with Crippen LogP contribution in [0.15, 0.2) is 30.3 Å². The first-order valence-electron chi connectivity index (χ1n) is 5.82. The van der Waals surface area contributed by atoms with Crippen LogP contribution in [0.4, 0.5) is 11.5 Å². The van der Waals surface area contributed by atoms with Crippen LogP contribution < -0.4 is 10.1 Å². The van der Waals surface area contributed by atoms with Gasteiger partial charge in [-0.2, -0.15) is 0 Å². The number of carboxylic acids is 1. The molecule has 5 nitrogen and oxygen atoms in total. The number of halogens is 1. The van der Waals surface area contributed by atoms with Crippen LogP contribution in [0, 0.1) is 6.92 Å². The molecular weight excluding hydrogens is 280 g/mol. The first-order chi connectivity index (χ1) is 9.49. The Kier molecular flexibility index (Phi) is 4.10. The molecule has 6 heteroatoms. The van der Waals surface area contributed by atoms with Crippen LogP contribution in [0.1, 0.15) is 16.1 Å². The zero-order chi connectivity index (χ0) is 14.7. The van der Waals surface area contributed by atoms with Crippen molar-refractivity contribution in [2.24, 2.45) is 0 Å². The molecule has 1 aromatic carbocycles. The maximum atomic E-state index is 11.0. The van der Waals surface area contributed by atoms with Crippen LogP contribution in [-0.2, 0) is 0 Å². The van der Waals surface area contributed by atoms with Gasteiger partial charge in [0, 0.05) is 10.7 Å². The van der Waals surface area contributed by atoms with Gasteiger partial charge in [-0.1, -0.05) is 11.6 Å². The van der Waals surface area contributed by atoms with E-state index in [9.17, 15) is 4.79 Å². The smallest absolute Gasteiger partial charge is 0.335 e. The number of carbonyl (C=O) groups is 1. The highest BCUT2D eigenvalue weighted by atomic mass is 35.5. The molecule has 0 spiro atoms. The van der Waals surface area contributed by atoms with Gasteiger partial charge in [-0.25, -0.2) is 9.78 Å². The average Bonchev–Trinajstić information content (AvgIpc) is 2.38. The third kappa shape index (κ3) is 3.19. The van der Waals surface area contributed by atoms with Crippen LogP contribution in [0.5, 0.6) is 5.75 Å². The molecule has 0 bridgehead atoms. The van der Waals surface area contributed by atoms with Crippen molar-refractivity contribution >= 4 is 29.1 Å². The summed E-state index contributed by atoms with van der Waals surface area (Å²) >= 11 is 5.94. The van der Waals surface area contributed by atoms with E-state index in [1.807, 2.05) is 0 Å². The van der Waals surface area contributed by atoms with Gasteiger partial charge >= 0.3 is 5.97 Å². The first kappa shape index (κ1) is 14.1. The number of carboxylic acid groups (broad SMARTS) is 1. The Morgan fingerprint density at radius 1 is 1.35 bits per heavy atom. The van der Waals surface area contributed by atoms with Gasteiger partial charge in [0.25, 0.3) is 0 Å². The number of hydrogen-bond acceptors (Lipinski definition) is 4. The fourth-order valence-corrected chi connectivity index (χ4v) is 1.94. The van der Waals surface area contributed by atoms with Gasteiger partial charge < -0.3 is 15.2 Å². The second-order valence-corrected chi connectivity index (χ2v) is 4.59. The molecule has 0 amide bonds. The van der Waals surface area contributed by atoms with Crippen LogP contribution in [0.2, 0.25) is 5.02 Å². The monoisotopic (exact) mass is 292 g/mol. The number of benzene rings is 1. The molecule has 0 atom stereocenters. The van der Waals surface area contributed by atoms with Crippen LogP contribution in [0.3, 0.4) is 0 Å². The van der Waals surface area contributed by atoms with E-state index >= 15 is 0 Å². The van der Waals surface area contributed by atoms with Crippen molar-refractivity contribution in [3.05, 3.63) is 46.6 Å². The number of hydrogen-bond donors (Lipinski definition) is 2. The number of nitrogens with zero attached hydrogens (tertiary/aromatic N) is 1. The number of aromatic carboxylic acids is 1.